The number of carbonyl (C=O) groups excluding carboxylic acids is 1. The predicted molar refractivity (Wildman–Crippen MR) is 97.0 cm³/mol. The summed E-state index contributed by atoms with van der Waals surface area (Å²) in [4.78, 5) is 17.9. The summed E-state index contributed by atoms with van der Waals surface area (Å²) < 4.78 is 25.7. The molecule has 2 unspecified atom stereocenters. The fourth-order valence-corrected chi connectivity index (χ4v) is 5.96. The zero-order valence-corrected chi connectivity index (χ0v) is 15.1. The van der Waals surface area contributed by atoms with Crippen molar-refractivity contribution in [3.8, 4) is 0 Å². The quantitative estimate of drug-likeness (QED) is 0.914. The number of hydrogen-bond acceptors (Lipinski definition) is 3. The summed E-state index contributed by atoms with van der Waals surface area (Å²) in [6.45, 7) is 0.698. The summed E-state index contributed by atoms with van der Waals surface area (Å²) in [5.41, 5.74) is 0.777. The molecule has 2 heterocycles. The third-order valence-corrected chi connectivity index (χ3v) is 7.40. The number of nitrogens with one attached hydrogen (secondary N) is 1. The number of carbonyl (C=O) groups is 1. The van der Waals surface area contributed by atoms with Gasteiger partial charge in [-0.15, -0.1) is 0 Å². The van der Waals surface area contributed by atoms with E-state index in [1.165, 1.54) is 25.5 Å². The summed E-state index contributed by atoms with van der Waals surface area (Å²) in [6, 6.07) is 7.54. The maximum absolute atomic E-state index is 12.9. The number of sulfone groups is 1. The SMILES string of the molecule is O=C(CS(=O)(=O)c1c[nH]c2ccccc12)N1CCCC2CCCCC21. The van der Waals surface area contributed by atoms with Gasteiger partial charge in [0.05, 0.1) is 4.90 Å². The standard InChI is InChI=1S/C19H24N2O3S/c22-19(21-11-5-7-14-6-1-4-10-17(14)21)13-25(23,24)18-12-20-16-9-3-2-8-15(16)18/h2-3,8-9,12,14,17,20H,1,4-7,10-11,13H2. The lowest BCUT2D eigenvalue weighted by atomic mass is 9.78. The van der Waals surface area contributed by atoms with Crippen molar-refractivity contribution in [2.24, 2.45) is 5.92 Å². The fourth-order valence-electron chi connectivity index (χ4n) is 4.56. The van der Waals surface area contributed by atoms with Gasteiger partial charge in [-0.3, -0.25) is 4.79 Å². The Morgan fingerprint density at radius 1 is 1.12 bits per heavy atom. The van der Waals surface area contributed by atoms with Crippen LogP contribution < -0.4 is 0 Å². The maximum atomic E-state index is 12.9. The first-order valence-electron chi connectivity index (χ1n) is 9.14. The highest BCUT2D eigenvalue weighted by molar-refractivity contribution is 7.92. The van der Waals surface area contributed by atoms with Crippen LogP contribution in [0.3, 0.4) is 0 Å². The minimum atomic E-state index is -3.65. The number of nitrogens with zero attached hydrogens (tertiary/aromatic N) is 1. The Labute approximate surface area is 148 Å². The average molecular weight is 360 g/mol. The van der Waals surface area contributed by atoms with Crippen LogP contribution in [0.1, 0.15) is 38.5 Å². The van der Waals surface area contributed by atoms with Crippen LogP contribution in [0.4, 0.5) is 0 Å². The van der Waals surface area contributed by atoms with Crippen LogP contribution in [0.15, 0.2) is 35.4 Å². The normalized spacial score (nSPS) is 24.2. The highest BCUT2D eigenvalue weighted by Crippen LogP contribution is 2.35. The van der Waals surface area contributed by atoms with Gasteiger partial charge >= 0.3 is 0 Å². The monoisotopic (exact) mass is 360 g/mol. The number of hydrogen-bond donors (Lipinski definition) is 1. The van der Waals surface area contributed by atoms with Crippen molar-refractivity contribution < 1.29 is 13.2 Å². The highest BCUT2D eigenvalue weighted by Gasteiger charge is 2.37. The van der Waals surface area contributed by atoms with E-state index in [0.29, 0.717) is 17.8 Å². The van der Waals surface area contributed by atoms with E-state index in [-0.39, 0.29) is 16.8 Å². The van der Waals surface area contributed by atoms with E-state index in [2.05, 4.69) is 4.98 Å². The van der Waals surface area contributed by atoms with E-state index >= 15 is 0 Å². The zero-order chi connectivity index (χ0) is 17.4. The number of rotatable bonds is 3. The summed E-state index contributed by atoms with van der Waals surface area (Å²) >= 11 is 0. The summed E-state index contributed by atoms with van der Waals surface area (Å²) in [6.07, 6.45) is 8.22. The van der Waals surface area contributed by atoms with E-state index in [9.17, 15) is 13.2 Å². The number of aromatic nitrogens is 1. The van der Waals surface area contributed by atoms with Gasteiger partial charge in [-0.2, -0.15) is 0 Å². The van der Waals surface area contributed by atoms with Gasteiger partial charge in [-0.1, -0.05) is 31.0 Å². The minimum absolute atomic E-state index is 0.230. The summed E-state index contributed by atoms with van der Waals surface area (Å²) in [7, 11) is -3.65. The van der Waals surface area contributed by atoms with Crippen molar-refractivity contribution in [3.05, 3.63) is 30.5 Å². The Hall–Kier alpha value is -1.82. The van der Waals surface area contributed by atoms with Crippen molar-refractivity contribution in [1.82, 2.24) is 9.88 Å². The molecule has 2 fully saturated rings. The largest absolute Gasteiger partial charge is 0.360 e. The van der Waals surface area contributed by atoms with E-state index in [4.69, 9.17) is 0 Å². The van der Waals surface area contributed by atoms with Crippen LogP contribution in [-0.4, -0.2) is 42.5 Å². The topological polar surface area (TPSA) is 70.2 Å². The van der Waals surface area contributed by atoms with Crippen molar-refractivity contribution in [2.75, 3.05) is 12.3 Å². The van der Waals surface area contributed by atoms with Crippen LogP contribution in [0.5, 0.6) is 0 Å². The molecule has 1 saturated heterocycles. The lowest BCUT2D eigenvalue weighted by Crippen LogP contribution is -2.51. The van der Waals surface area contributed by atoms with Crippen LogP contribution in [0.2, 0.25) is 0 Å². The molecule has 4 rings (SSSR count). The number of fused-ring (bicyclic) bond motifs is 2. The van der Waals surface area contributed by atoms with Crippen molar-refractivity contribution in [2.45, 2.75) is 49.5 Å². The van der Waals surface area contributed by atoms with Gasteiger partial charge in [0, 0.05) is 29.7 Å². The van der Waals surface area contributed by atoms with Gasteiger partial charge in [0.2, 0.25) is 5.91 Å². The Morgan fingerprint density at radius 3 is 2.76 bits per heavy atom. The second-order valence-electron chi connectivity index (χ2n) is 7.30. The van der Waals surface area contributed by atoms with Crippen molar-refractivity contribution in [1.29, 1.82) is 0 Å². The van der Waals surface area contributed by atoms with Crippen molar-refractivity contribution in [3.63, 3.8) is 0 Å². The lowest BCUT2D eigenvalue weighted by molar-refractivity contribution is -0.134. The van der Waals surface area contributed by atoms with Gasteiger partial charge in [-0.05, 0) is 37.7 Å². The molecule has 1 aliphatic heterocycles. The molecule has 1 aromatic carbocycles. The number of aromatic amines is 1. The molecule has 2 aromatic rings. The molecule has 1 amide bonds. The number of likely N-dealkylation sites (tertiary alicyclic amines) is 1. The Bertz CT molecular complexity index is 885. The van der Waals surface area contributed by atoms with Gasteiger partial charge in [0.25, 0.3) is 0 Å². The van der Waals surface area contributed by atoms with Gasteiger partial charge in [0.15, 0.2) is 9.84 Å². The first-order valence-corrected chi connectivity index (χ1v) is 10.8. The summed E-state index contributed by atoms with van der Waals surface area (Å²) in [5, 5.41) is 0.657. The number of H-pyrrole nitrogens is 1. The van der Waals surface area contributed by atoms with Crippen LogP contribution in [0.25, 0.3) is 10.9 Å². The van der Waals surface area contributed by atoms with E-state index in [1.807, 2.05) is 23.1 Å². The van der Waals surface area contributed by atoms with Crippen molar-refractivity contribution >= 4 is 26.6 Å². The lowest BCUT2D eigenvalue weighted by Gasteiger charge is -2.44. The smallest absolute Gasteiger partial charge is 0.238 e. The number of piperidine rings is 1. The molecule has 1 saturated carbocycles. The number of amides is 1. The van der Waals surface area contributed by atoms with Crippen LogP contribution in [0, 0.1) is 5.92 Å². The highest BCUT2D eigenvalue weighted by atomic mass is 32.2. The van der Waals surface area contributed by atoms with Gasteiger partial charge < -0.3 is 9.88 Å². The van der Waals surface area contributed by atoms with E-state index in [1.54, 1.807) is 6.07 Å². The molecule has 25 heavy (non-hydrogen) atoms. The fraction of sp³-hybridized carbons (Fsp3) is 0.526. The second-order valence-corrected chi connectivity index (χ2v) is 9.26. The molecule has 2 atom stereocenters. The molecule has 5 nitrogen and oxygen atoms in total. The maximum Gasteiger partial charge on any atom is 0.238 e. The molecular weight excluding hydrogens is 336 g/mol. The van der Waals surface area contributed by atoms with Crippen LogP contribution >= 0.6 is 0 Å². The third-order valence-electron chi connectivity index (χ3n) is 5.76. The Kier molecular flexibility index (Phi) is 4.31. The first kappa shape index (κ1) is 16.6. The Balaban J connectivity index is 1.57. The molecule has 1 N–H and O–H groups in total. The molecule has 6 heteroatoms. The molecule has 0 spiro atoms. The molecule has 2 aliphatic rings. The van der Waals surface area contributed by atoms with Gasteiger partial charge in [0.1, 0.15) is 5.75 Å². The van der Waals surface area contributed by atoms with E-state index in [0.717, 1.165) is 24.8 Å². The summed E-state index contributed by atoms with van der Waals surface area (Å²) in [5.74, 6) is -0.109. The van der Waals surface area contributed by atoms with Gasteiger partial charge in [-0.25, -0.2) is 8.42 Å². The van der Waals surface area contributed by atoms with E-state index < -0.39 is 15.6 Å². The number of benzene rings is 1. The molecule has 0 bridgehead atoms. The molecule has 1 aliphatic carbocycles. The second kappa shape index (κ2) is 6.48. The zero-order valence-electron chi connectivity index (χ0n) is 14.3. The minimum Gasteiger partial charge on any atom is -0.360 e. The Morgan fingerprint density at radius 2 is 1.88 bits per heavy atom. The molecule has 134 valence electrons. The van der Waals surface area contributed by atoms with Crippen LogP contribution in [-0.2, 0) is 14.6 Å². The molecule has 0 radical (unpaired) electrons. The predicted octanol–water partition coefficient (Wildman–Crippen LogP) is 3.12. The average Bonchev–Trinajstić information content (AvgIpc) is 3.06. The first-order chi connectivity index (χ1) is 12.1. The molecular formula is C19H24N2O3S. The molecule has 1 aromatic heterocycles. The number of para-hydroxylation sites is 1. The third kappa shape index (κ3) is 3.08.